The average molecular weight is 584 g/mol. The molecule has 1 atom stereocenters. The Morgan fingerprint density at radius 3 is 2.43 bits per heavy atom. The molecule has 1 aliphatic heterocycles. The Hall–Kier alpha value is -3.07. The molecule has 2 fully saturated rings. The summed E-state index contributed by atoms with van der Waals surface area (Å²) in [4.78, 5) is 35.6. The number of piperidine rings is 1. The number of nitrogens with zero attached hydrogens (tertiary/aromatic N) is 3. The second-order valence-corrected chi connectivity index (χ2v) is 12.8. The number of hydrogen-bond acceptors (Lipinski definition) is 7. The summed E-state index contributed by atoms with van der Waals surface area (Å²) in [6.07, 6.45) is 8.19. The molecular weight excluding hydrogens is 534 g/mol. The monoisotopic (exact) mass is 583 g/mol. The van der Waals surface area contributed by atoms with Crippen molar-refractivity contribution < 1.29 is 28.5 Å². The predicted molar refractivity (Wildman–Crippen MR) is 163 cm³/mol. The third-order valence-electron chi connectivity index (χ3n) is 7.86. The van der Waals surface area contributed by atoms with Gasteiger partial charge in [-0.2, -0.15) is 0 Å². The van der Waals surface area contributed by atoms with Crippen LogP contribution in [0, 0.1) is 0 Å². The van der Waals surface area contributed by atoms with Gasteiger partial charge in [-0.15, -0.1) is 0 Å². The van der Waals surface area contributed by atoms with Crippen molar-refractivity contribution >= 4 is 22.9 Å². The molecule has 42 heavy (non-hydrogen) atoms. The zero-order valence-corrected chi connectivity index (χ0v) is 26.3. The molecule has 9 heteroatoms. The van der Waals surface area contributed by atoms with Gasteiger partial charge in [0.15, 0.2) is 0 Å². The van der Waals surface area contributed by atoms with Crippen LogP contribution in [0.5, 0.6) is 11.5 Å². The normalized spacial score (nSPS) is 18.5. The number of aromatic nitrogens is 1. The molecule has 1 saturated heterocycles. The minimum atomic E-state index is -0.581. The Labute approximate surface area is 250 Å². The molecule has 1 aromatic carbocycles. The average Bonchev–Trinajstić information content (AvgIpc) is 3.21. The van der Waals surface area contributed by atoms with Crippen molar-refractivity contribution in [2.75, 3.05) is 33.4 Å². The predicted octanol–water partition coefficient (Wildman–Crippen LogP) is 6.61. The van der Waals surface area contributed by atoms with Gasteiger partial charge < -0.3 is 28.7 Å². The van der Waals surface area contributed by atoms with Crippen molar-refractivity contribution in [3.63, 3.8) is 0 Å². The van der Waals surface area contributed by atoms with Gasteiger partial charge in [0, 0.05) is 37.7 Å². The van der Waals surface area contributed by atoms with Gasteiger partial charge in [-0.3, -0.25) is 4.79 Å². The standard InChI is InChI=1S/C33H49N3O6/c1-23(2)36(24-13-12-18-35(22-24)32(38)42-33(3,4)5)31(37)27-21-29(40-20-19-39-6)26-16-11-17-28(30(26)34-27)41-25-14-9-7-8-10-15-25/h11,16-17,21,23-25H,7-10,12-15,18-20,22H2,1-6H3/t24-/m1/s1. The number of ether oxygens (including phenoxy) is 4. The van der Waals surface area contributed by atoms with Crippen molar-refractivity contribution in [1.82, 2.24) is 14.8 Å². The number of likely N-dealkylation sites (tertiary alicyclic amines) is 1. The van der Waals surface area contributed by atoms with E-state index in [0.717, 1.165) is 43.9 Å². The quantitative estimate of drug-likeness (QED) is 0.242. The lowest BCUT2D eigenvalue weighted by Gasteiger charge is -2.41. The first-order chi connectivity index (χ1) is 20.1. The van der Waals surface area contributed by atoms with Crippen LogP contribution in [-0.2, 0) is 9.47 Å². The fraction of sp³-hybridized carbons (Fsp3) is 0.667. The zero-order valence-electron chi connectivity index (χ0n) is 26.3. The summed E-state index contributed by atoms with van der Waals surface area (Å²) in [7, 11) is 1.63. The van der Waals surface area contributed by atoms with Gasteiger partial charge in [0.05, 0.1) is 18.8 Å². The number of carbonyl (C=O) groups excluding carboxylic acids is 2. The van der Waals surface area contributed by atoms with Crippen molar-refractivity contribution in [2.45, 2.75) is 110 Å². The molecule has 0 radical (unpaired) electrons. The molecule has 0 spiro atoms. The number of amides is 2. The number of fused-ring (bicyclic) bond motifs is 1. The van der Waals surface area contributed by atoms with Gasteiger partial charge in [-0.05, 0) is 85.3 Å². The van der Waals surface area contributed by atoms with Gasteiger partial charge in [0.2, 0.25) is 0 Å². The van der Waals surface area contributed by atoms with E-state index in [9.17, 15) is 9.59 Å². The number of hydrogen-bond donors (Lipinski definition) is 0. The number of para-hydroxylation sites is 1. The Bertz CT molecular complexity index is 1200. The maximum atomic E-state index is 14.3. The van der Waals surface area contributed by atoms with E-state index in [1.165, 1.54) is 12.8 Å². The first-order valence-electron chi connectivity index (χ1n) is 15.6. The maximum Gasteiger partial charge on any atom is 0.410 e. The molecule has 2 heterocycles. The van der Waals surface area contributed by atoms with Gasteiger partial charge >= 0.3 is 6.09 Å². The number of rotatable bonds is 9. The summed E-state index contributed by atoms with van der Waals surface area (Å²) in [6, 6.07) is 7.32. The van der Waals surface area contributed by atoms with Gasteiger partial charge in [-0.25, -0.2) is 9.78 Å². The summed E-state index contributed by atoms with van der Waals surface area (Å²) >= 11 is 0. The number of pyridine rings is 1. The highest BCUT2D eigenvalue weighted by Crippen LogP contribution is 2.34. The molecule has 2 aliphatic rings. The van der Waals surface area contributed by atoms with Crippen molar-refractivity contribution in [1.29, 1.82) is 0 Å². The van der Waals surface area contributed by atoms with Crippen molar-refractivity contribution in [2.24, 2.45) is 0 Å². The second-order valence-electron chi connectivity index (χ2n) is 12.8. The Morgan fingerprint density at radius 1 is 1.02 bits per heavy atom. The molecule has 2 amide bonds. The van der Waals surface area contributed by atoms with E-state index < -0.39 is 5.60 Å². The fourth-order valence-electron chi connectivity index (χ4n) is 5.92. The van der Waals surface area contributed by atoms with Crippen LogP contribution in [0.2, 0.25) is 0 Å². The molecule has 1 saturated carbocycles. The Morgan fingerprint density at radius 2 is 1.76 bits per heavy atom. The lowest BCUT2D eigenvalue weighted by atomic mass is 10.0. The first kappa shape index (κ1) is 31.9. The molecule has 1 aliphatic carbocycles. The highest BCUT2D eigenvalue weighted by atomic mass is 16.6. The highest BCUT2D eigenvalue weighted by Gasteiger charge is 2.35. The third kappa shape index (κ3) is 8.27. The van der Waals surface area contributed by atoms with E-state index in [4.69, 9.17) is 23.9 Å². The van der Waals surface area contributed by atoms with Crippen LogP contribution in [0.15, 0.2) is 24.3 Å². The lowest BCUT2D eigenvalue weighted by molar-refractivity contribution is 0.00742. The highest BCUT2D eigenvalue weighted by molar-refractivity contribution is 5.99. The minimum Gasteiger partial charge on any atom is -0.490 e. The third-order valence-corrected chi connectivity index (χ3v) is 7.86. The summed E-state index contributed by atoms with van der Waals surface area (Å²) in [5, 5.41) is 0.804. The van der Waals surface area contributed by atoms with Crippen LogP contribution < -0.4 is 9.47 Å². The Kier molecular flexibility index (Phi) is 10.9. The summed E-state index contributed by atoms with van der Waals surface area (Å²) in [5.74, 6) is 1.06. The van der Waals surface area contributed by atoms with E-state index in [0.29, 0.717) is 49.0 Å². The van der Waals surface area contributed by atoms with Gasteiger partial charge in [0.1, 0.15) is 34.9 Å². The smallest absolute Gasteiger partial charge is 0.410 e. The van der Waals surface area contributed by atoms with Gasteiger partial charge in [0.25, 0.3) is 5.91 Å². The first-order valence-corrected chi connectivity index (χ1v) is 15.6. The largest absolute Gasteiger partial charge is 0.490 e. The van der Waals surface area contributed by atoms with Crippen LogP contribution in [0.4, 0.5) is 4.79 Å². The van der Waals surface area contributed by atoms with E-state index in [2.05, 4.69) is 0 Å². The molecule has 232 valence electrons. The molecule has 9 nitrogen and oxygen atoms in total. The lowest BCUT2D eigenvalue weighted by Crippen LogP contribution is -2.54. The molecule has 0 N–H and O–H groups in total. The van der Waals surface area contributed by atoms with E-state index in [1.807, 2.05) is 57.7 Å². The van der Waals surface area contributed by atoms with Crippen LogP contribution in [0.25, 0.3) is 10.9 Å². The van der Waals surface area contributed by atoms with Gasteiger partial charge in [-0.1, -0.05) is 18.9 Å². The van der Waals surface area contributed by atoms with Crippen LogP contribution in [0.1, 0.15) is 96.5 Å². The summed E-state index contributed by atoms with van der Waals surface area (Å²) in [5.41, 5.74) is 0.347. The van der Waals surface area contributed by atoms with Crippen molar-refractivity contribution in [3.8, 4) is 11.5 Å². The topological polar surface area (TPSA) is 90.4 Å². The van der Waals surface area contributed by atoms with Crippen LogP contribution in [0.3, 0.4) is 0 Å². The zero-order chi connectivity index (χ0) is 30.3. The molecule has 1 aromatic heterocycles. The molecule has 2 aromatic rings. The molecular formula is C33H49N3O6. The molecule has 4 rings (SSSR count). The molecule has 0 bridgehead atoms. The maximum absolute atomic E-state index is 14.3. The SMILES string of the molecule is COCCOc1cc(C(=O)N(C(C)C)[C@@H]2CCCN(C(=O)OC(C)(C)C)C2)nc2c(OC3CCCCCC3)cccc12. The van der Waals surface area contributed by atoms with E-state index in [-0.39, 0.29) is 30.2 Å². The molecule has 0 unspecified atom stereocenters. The van der Waals surface area contributed by atoms with E-state index in [1.54, 1.807) is 18.1 Å². The van der Waals surface area contributed by atoms with Crippen LogP contribution >= 0.6 is 0 Å². The summed E-state index contributed by atoms with van der Waals surface area (Å²) in [6.45, 7) is 11.4. The number of methoxy groups -OCH3 is 1. The van der Waals surface area contributed by atoms with Crippen LogP contribution in [-0.4, -0.2) is 84.0 Å². The minimum absolute atomic E-state index is 0.103. The second kappa shape index (κ2) is 14.4. The summed E-state index contributed by atoms with van der Waals surface area (Å²) < 4.78 is 23.5. The fourth-order valence-corrected chi connectivity index (χ4v) is 5.92. The number of carbonyl (C=O) groups is 2. The van der Waals surface area contributed by atoms with Crippen molar-refractivity contribution in [3.05, 3.63) is 30.0 Å². The Balaban J connectivity index is 1.67. The number of benzene rings is 1. The van der Waals surface area contributed by atoms with E-state index >= 15 is 0 Å².